The summed E-state index contributed by atoms with van der Waals surface area (Å²) >= 11 is 0. The number of nitrogens with one attached hydrogen (secondary N) is 1. The van der Waals surface area contributed by atoms with E-state index in [2.05, 4.69) is 10.3 Å². The van der Waals surface area contributed by atoms with Gasteiger partial charge in [-0.3, -0.25) is 9.10 Å². The average Bonchev–Trinajstić information content (AvgIpc) is 3.36. The summed E-state index contributed by atoms with van der Waals surface area (Å²) < 4.78 is 33.0. The van der Waals surface area contributed by atoms with Gasteiger partial charge in [0.05, 0.1) is 18.6 Å². The van der Waals surface area contributed by atoms with E-state index in [1.165, 1.54) is 4.31 Å². The van der Waals surface area contributed by atoms with E-state index in [1.807, 2.05) is 42.1 Å². The second-order valence-electron chi connectivity index (χ2n) is 7.33. The third-order valence-corrected chi connectivity index (χ3v) is 7.23. The lowest BCUT2D eigenvalue weighted by Gasteiger charge is -2.21. The maximum Gasteiger partial charge on any atom is 0.252 e. The number of hydrogen-bond acceptors (Lipinski definition) is 5. The van der Waals surface area contributed by atoms with Crippen LogP contribution in [0.15, 0.2) is 60.9 Å². The number of anilines is 1. The molecule has 2 heterocycles. The number of nitrogens with zero attached hydrogens (tertiary/aromatic N) is 3. The Kier molecular flexibility index (Phi) is 5.69. The fraction of sp³-hybridized carbons (Fsp3) is 0.273. The number of ether oxygens (including phenoxy) is 1. The first-order valence-corrected chi connectivity index (χ1v) is 11.5. The quantitative estimate of drug-likeness (QED) is 0.636. The molecule has 1 fully saturated rings. The van der Waals surface area contributed by atoms with Gasteiger partial charge in [0, 0.05) is 37.1 Å². The third-order valence-electron chi connectivity index (χ3n) is 5.36. The van der Waals surface area contributed by atoms with Crippen LogP contribution in [0.2, 0.25) is 0 Å². The molecule has 31 heavy (non-hydrogen) atoms. The van der Waals surface area contributed by atoms with E-state index >= 15 is 0 Å². The van der Waals surface area contributed by atoms with Gasteiger partial charge in [-0.2, -0.15) is 0 Å². The van der Waals surface area contributed by atoms with Crippen LogP contribution in [0.4, 0.5) is 5.69 Å². The van der Waals surface area contributed by atoms with Crippen molar-refractivity contribution >= 4 is 21.6 Å². The molecule has 0 unspecified atom stereocenters. The summed E-state index contributed by atoms with van der Waals surface area (Å²) in [5.74, 6) is 1.16. The number of rotatable bonds is 6. The molecule has 4 rings (SSSR count). The smallest absolute Gasteiger partial charge is 0.252 e. The summed E-state index contributed by atoms with van der Waals surface area (Å²) in [7, 11) is 0.185. The zero-order chi connectivity index (χ0) is 22.0. The van der Waals surface area contributed by atoms with E-state index in [1.54, 1.807) is 37.6 Å². The number of para-hydroxylation sites is 1. The number of sulfonamides is 1. The lowest BCUT2D eigenvalue weighted by atomic mass is 10.0. The Hall–Kier alpha value is -3.33. The second-order valence-corrected chi connectivity index (χ2v) is 9.35. The molecule has 162 valence electrons. The molecule has 1 amide bonds. The molecular formula is C22H24N4O4S. The highest BCUT2D eigenvalue weighted by molar-refractivity contribution is 7.93. The highest BCUT2D eigenvalue weighted by Crippen LogP contribution is 2.30. The summed E-state index contributed by atoms with van der Waals surface area (Å²) in [5.41, 5.74) is 1.78. The van der Waals surface area contributed by atoms with E-state index in [-0.39, 0.29) is 11.7 Å². The van der Waals surface area contributed by atoms with Gasteiger partial charge in [-0.15, -0.1) is 0 Å². The third kappa shape index (κ3) is 4.13. The van der Waals surface area contributed by atoms with Gasteiger partial charge in [-0.1, -0.05) is 18.2 Å². The van der Waals surface area contributed by atoms with Crippen molar-refractivity contribution in [3.63, 3.8) is 0 Å². The van der Waals surface area contributed by atoms with Crippen LogP contribution in [0.5, 0.6) is 5.75 Å². The van der Waals surface area contributed by atoms with Gasteiger partial charge < -0.3 is 14.6 Å². The Morgan fingerprint density at radius 2 is 1.90 bits per heavy atom. The topological polar surface area (TPSA) is 93.5 Å². The van der Waals surface area contributed by atoms with Crippen LogP contribution >= 0.6 is 0 Å². The molecule has 0 bridgehead atoms. The summed E-state index contributed by atoms with van der Waals surface area (Å²) in [6.45, 7) is 0.461. The highest BCUT2D eigenvalue weighted by atomic mass is 32.2. The molecule has 3 aromatic rings. The van der Waals surface area contributed by atoms with Gasteiger partial charge in [0.1, 0.15) is 17.6 Å². The monoisotopic (exact) mass is 440 g/mol. The van der Waals surface area contributed by atoms with Crippen LogP contribution in [0, 0.1) is 0 Å². The van der Waals surface area contributed by atoms with E-state index in [4.69, 9.17) is 4.74 Å². The molecule has 1 aromatic heterocycles. The molecule has 0 aliphatic carbocycles. The molecule has 1 aliphatic rings. The van der Waals surface area contributed by atoms with Crippen LogP contribution in [0.1, 0.15) is 34.2 Å². The van der Waals surface area contributed by atoms with E-state index in [0.29, 0.717) is 35.8 Å². The van der Waals surface area contributed by atoms with E-state index in [0.717, 1.165) is 5.56 Å². The van der Waals surface area contributed by atoms with Crippen molar-refractivity contribution in [1.82, 2.24) is 14.9 Å². The van der Waals surface area contributed by atoms with Crippen molar-refractivity contribution in [3.05, 3.63) is 77.9 Å². The van der Waals surface area contributed by atoms with E-state index in [9.17, 15) is 13.2 Å². The van der Waals surface area contributed by atoms with Gasteiger partial charge >= 0.3 is 0 Å². The van der Waals surface area contributed by atoms with Crippen LogP contribution in [-0.4, -0.2) is 43.3 Å². The van der Waals surface area contributed by atoms with Crippen molar-refractivity contribution in [1.29, 1.82) is 0 Å². The number of carbonyl (C=O) groups is 1. The number of hydrogen-bond donors (Lipinski definition) is 1. The number of benzene rings is 2. The fourth-order valence-corrected chi connectivity index (χ4v) is 5.33. The molecule has 1 atom stereocenters. The first-order valence-electron chi connectivity index (χ1n) is 9.92. The molecule has 1 N–H and O–H groups in total. The summed E-state index contributed by atoms with van der Waals surface area (Å²) in [4.78, 5) is 17.5. The van der Waals surface area contributed by atoms with Crippen LogP contribution in [-0.2, 0) is 17.1 Å². The number of carbonyl (C=O) groups excluding carboxylic acids is 1. The maximum atomic E-state index is 13.1. The largest absolute Gasteiger partial charge is 0.496 e. The van der Waals surface area contributed by atoms with Crippen molar-refractivity contribution in [2.45, 2.75) is 12.5 Å². The van der Waals surface area contributed by atoms with Gasteiger partial charge in [0.15, 0.2) is 0 Å². The molecule has 0 saturated carbocycles. The SMILES string of the molecule is COc1ccccc1[C@@H](NC(=O)c1ccc(N2CCCS2(=O)=O)cc1)c1nccn1C. The van der Waals surface area contributed by atoms with E-state index < -0.39 is 16.1 Å². The predicted octanol–water partition coefficient (Wildman–Crippen LogP) is 2.49. The van der Waals surface area contributed by atoms with Crippen LogP contribution in [0.3, 0.4) is 0 Å². The normalized spacial score (nSPS) is 16.1. The number of methoxy groups -OCH3 is 1. The molecular weight excluding hydrogens is 416 g/mol. The maximum absolute atomic E-state index is 13.1. The molecule has 1 saturated heterocycles. The molecule has 1 aliphatic heterocycles. The Labute approximate surface area is 181 Å². The van der Waals surface area contributed by atoms with Crippen LogP contribution < -0.4 is 14.4 Å². The average molecular weight is 441 g/mol. The Bertz CT molecular complexity index is 1190. The molecule has 9 heteroatoms. The minimum absolute atomic E-state index is 0.152. The Balaban J connectivity index is 1.62. The predicted molar refractivity (Wildman–Crippen MR) is 118 cm³/mol. The molecule has 0 radical (unpaired) electrons. The zero-order valence-electron chi connectivity index (χ0n) is 17.4. The number of aryl methyl sites for hydroxylation is 1. The number of aromatic nitrogens is 2. The minimum Gasteiger partial charge on any atom is -0.496 e. The van der Waals surface area contributed by atoms with Crippen molar-refractivity contribution in [2.24, 2.45) is 7.05 Å². The van der Waals surface area contributed by atoms with Gasteiger partial charge in [-0.25, -0.2) is 13.4 Å². The zero-order valence-corrected chi connectivity index (χ0v) is 18.2. The fourth-order valence-electron chi connectivity index (χ4n) is 3.76. The number of amides is 1. The lowest BCUT2D eigenvalue weighted by molar-refractivity contribution is 0.0941. The molecule has 8 nitrogen and oxygen atoms in total. The Morgan fingerprint density at radius 1 is 1.16 bits per heavy atom. The first kappa shape index (κ1) is 20.9. The van der Waals surface area contributed by atoms with Crippen molar-refractivity contribution in [2.75, 3.05) is 23.7 Å². The van der Waals surface area contributed by atoms with Crippen molar-refractivity contribution in [3.8, 4) is 5.75 Å². The van der Waals surface area contributed by atoms with Crippen LogP contribution in [0.25, 0.3) is 0 Å². The second kappa shape index (κ2) is 8.43. The number of imidazole rings is 1. The minimum atomic E-state index is -3.26. The highest BCUT2D eigenvalue weighted by Gasteiger charge is 2.29. The van der Waals surface area contributed by atoms with Gasteiger partial charge in [-0.05, 0) is 36.8 Å². The standard InChI is InChI=1S/C22H24N4O4S/c1-25-14-12-23-21(25)20(18-6-3-4-7-19(18)30-2)24-22(27)16-8-10-17(11-9-16)26-13-5-15-31(26,28)29/h3-4,6-12,14,20H,5,13,15H2,1-2H3,(H,24,27)/t20-/m1/s1. The van der Waals surface area contributed by atoms with Crippen molar-refractivity contribution < 1.29 is 17.9 Å². The summed E-state index contributed by atoms with van der Waals surface area (Å²) in [5, 5.41) is 3.04. The van der Waals surface area contributed by atoms with Gasteiger partial charge in [0.2, 0.25) is 10.0 Å². The van der Waals surface area contributed by atoms with Gasteiger partial charge in [0.25, 0.3) is 5.91 Å². The molecule has 2 aromatic carbocycles. The molecule has 0 spiro atoms. The first-order chi connectivity index (χ1) is 14.9. The summed E-state index contributed by atoms with van der Waals surface area (Å²) in [6.07, 6.45) is 4.10. The summed E-state index contributed by atoms with van der Waals surface area (Å²) in [6, 6.07) is 13.5. The lowest BCUT2D eigenvalue weighted by Crippen LogP contribution is -2.31. The Morgan fingerprint density at radius 3 is 2.52 bits per heavy atom.